The van der Waals surface area contributed by atoms with E-state index >= 15 is 0 Å². The lowest BCUT2D eigenvalue weighted by Crippen LogP contribution is -2.48. The first kappa shape index (κ1) is 24.3. The molecule has 0 unspecified atom stereocenters. The largest absolute Gasteiger partial charge is 0.324 e. The SMILES string of the molecule is CC(C)c1cccc(C(C)C)c1NC(=O)CN1CC2(CCCCC2)N(Cc2ccccc2)C1=O. The Morgan fingerprint density at radius 2 is 1.53 bits per heavy atom. The molecule has 0 aromatic heterocycles. The first-order chi connectivity index (χ1) is 16.3. The molecule has 2 aromatic rings. The van der Waals surface area contributed by atoms with E-state index in [1.807, 2.05) is 18.2 Å². The molecule has 0 bridgehead atoms. The van der Waals surface area contributed by atoms with Crippen LogP contribution in [0, 0.1) is 0 Å². The molecule has 5 heteroatoms. The summed E-state index contributed by atoms with van der Waals surface area (Å²) in [5.41, 5.74) is 4.17. The van der Waals surface area contributed by atoms with Crippen LogP contribution >= 0.6 is 0 Å². The highest BCUT2D eigenvalue weighted by molar-refractivity contribution is 5.96. The minimum absolute atomic E-state index is 0.0119. The Morgan fingerprint density at radius 1 is 0.912 bits per heavy atom. The quantitative estimate of drug-likeness (QED) is 0.511. The van der Waals surface area contributed by atoms with Gasteiger partial charge in [0.2, 0.25) is 5.91 Å². The van der Waals surface area contributed by atoms with Crippen molar-refractivity contribution < 1.29 is 9.59 Å². The normalized spacial score (nSPS) is 17.8. The molecular formula is C29H39N3O2. The van der Waals surface area contributed by atoms with E-state index < -0.39 is 0 Å². The second-order valence-corrected chi connectivity index (χ2v) is 10.7. The van der Waals surface area contributed by atoms with Crippen molar-refractivity contribution in [3.63, 3.8) is 0 Å². The van der Waals surface area contributed by atoms with E-state index in [0.29, 0.717) is 24.9 Å². The molecule has 0 atom stereocenters. The Hall–Kier alpha value is -2.82. The first-order valence-electron chi connectivity index (χ1n) is 12.8. The third-order valence-corrected chi connectivity index (χ3v) is 7.50. The van der Waals surface area contributed by atoms with Crippen LogP contribution in [0.15, 0.2) is 48.5 Å². The molecular weight excluding hydrogens is 422 g/mol. The van der Waals surface area contributed by atoms with Crippen molar-refractivity contribution in [3.8, 4) is 0 Å². The van der Waals surface area contributed by atoms with E-state index in [9.17, 15) is 9.59 Å². The maximum Gasteiger partial charge on any atom is 0.321 e. The zero-order chi connectivity index (χ0) is 24.3. The number of anilines is 1. The summed E-state index contributed by atoms with van der Waals surface area (Å²) in [4.78, 5) is 30.7. The molecule has 1 spiro atoms. The zero-order valence-electron chi connectivity index (χ0n) is 21.1. The van der Waals surface area contributed by atoms with Crippen molar-refractivity contribution in [3.05, 3.63) is 65.2 Å². The van der Waals surface area contributed by atoms with Crippen LogP contribution in [0.5, 0.6) is 0 Å². The molecule has 1 aliphatic carbocycles. The van der Waals surface area contributed by atoms with Gasteiger partial charge in [-0.05, 0) is 41.4 Å². The van der Waals surface area contributed by atoms with Gasteiger partial charge in [0.1, 0.15) is 6.54 Å². The van der Waals surface area contributed by atoms with Crippen molar-refractivity contribution in [2.75, 3.05) is 18.4 Å². The van der Waals surface area contributed by atoms with Gasteiger partial charge in [-0.1, -0.05) is 95.5 Å². The number of para-hydroxylation sites is 1. The molecule has 0 radical (unpaired) electrons. The standard InChI is InChI=1S/C29H39N3O2/c1-21(2)24-14-11-15-25(22(3)4)27(24)30-26(33)19-31-20-29(16-9-6-10-17-29)32(28(31)34)18-23-12-7-5-8-13-23/h5,7-8,11-15,21-22H,6,9-10,16-20H2,1-4H3,(H,30,33). The van der Waals surface area contributed by atoms with Crippen LogP contribution in [-0.4, -0.2) is 40.4 Å². The minimum Gasteiger partial charge on any atom is -0.324 e. The van der Waals surface area contributed by atoms with Gasteiger partial charge >= 0.3 is 6.03 Å². The Balaban J connectivity index is 1.54. The lowest BCUT2D eigenvalue weighted by molar-refractivity contribution is -0.116. The predicted octanol–water partition coefficient (Wildman–Crippen LogP) is 6.51. The monoisotopic (exact) mass is 461 g/mol. The Kier molecular flexibility index (Phi) is 7.30. The average Bonchev–Trinajstić information content (AvgIpc) is 3.05. The van der Waals surface area contributed by atoms with Gasteiger partial charge in [-0.3, -0.25) is 4.79 Å². The highest BCUT2D eigenvalue weighted by Gasteiger charge is 2.49. The smallest absolute Gasteiger partial charge is 0.321 e. The first-order valence-corrected chi connectivity index (χ1v) is 12.8. The number of rotatable bonds is 7. The van der Waals surface area contributed by atoms with E-state index in [4.69, 9.17) is 0 Å². The van der Waals surface area contributed by atoms with Crippen molar-refractivity contribution in [2.45, 2.75) is 83.7 Å². The fourth-order valence-electron chi connectivity index (χ4n) is 5.69. The van der Waals surface area contributed by atoms with Crippen LogP contribution < -0.4 is 5.32 Å². The number of carbonyl (C=O) groups excluding carboxylic acids is 2. The van der Waals surface area contributed by atoms with Crippen molar-refractivity contribution in [1.29, 1.82) is 0 Å². The minimum atomic E-state index is -0.162. The molecule has 1 N–H and O–H groups in total. The number of urea groups is 1. The zero-order valence-corrected chi connectivity index (χ0v) is 21.1. The van der Waals surface area contributed by atoms with Gasteiger partial charge in [0.15, 0.2) is 0 Å². The number of carbonyl (C=O) groups is 2. The third-order valence-electron chi connectivity index (χ3n) is 7.50. The molecule has 2 aliphatic rings. The van der Waals surface area contributed by atoms with Crippen molar-refractivity contribution in [2.24, 2.45) is 0 Å². The molecule has 2 fully saturated rings. The van der Waals surface area contributed by atoms with Crippen LogP contribution in [-0.2, 0) is 11.3 Å². The predicted molar refractivity (Wildman–Crippen MR) is 138 cm³/mol. The Morgan fingerprint density at radius 3 is 2.12 bits per heavy atom. The Bertz CT molecular complexity index is 983. The van der Waals surface area contributed by atoms with E-state index in [2.05, 4.69) is 68.2 Å². The van der Waals surface area contributed by atoms with Crippen molar-refractivity contribution >= 4 is 17.6 Å². The summed E-state index contributed by atoms with van der Waals surface area (Å²) in [5.74, 6) is 0.486. The lowest BCUT2D eigenvalue weighted by atomic mass is 9.81. The average molecular weight is 462 g/mol. The number of nitrogens with one attached hydrogen (secondary N) is 1. The lowest BCUT2D eigenvalue weighted by Gasteiger charge is -2.40. The number of hydrogen-bond acceptors (Lipinski definition) is 2. The number of hydrogen-bond donors (Lipinski definition) is 1. The van der Waals surface area contributed by atoms with Gasteiger partial charge in [-0.25, -0.2) is 4.79 Å². The van der Waals surface area contributed by atoms with Gasteiger partial charge in [0, 0.05) is 18.8 Å². The third kappa shape index (κ3) is 4.98. The Labute approximate surface area is 204 Å². The van der Waals surface area contributed by atoms with Gasteiger partial charge in [0.25, 0.3) is 0 Å². The van der Waals surface area contributed by atoms with E-state index in [1.165, 1.54) is 6.42 Å². The fraction of sp³-hybridized carbons (Fsp3) is 0.517. The second-order valence-electron chi connectivity index (χ2n) is 10.7. The van der Waals surface area contributed by atoms with E-state index in [-0.39, 0.29) is 24.0 Å². The van der Waals surface area contributed by atoms with E-state index in [0.717, 1.165) is 48.1 Å². The van der Waals surface area contributed by atoms with Gasteiger partial charge in [-0.15, -0.1) is 0 Å². The summed E-state index contributed by atoms with van der Waals surface area (Å²) in [7, 11) is 0. The van der Waals surface area contributed by atoms with Crippen LogP contribution in [0.25, 0.3) is 0 Å². The number of amides is 3. The molecule has 1 aliphatic heterocycles. The molecule has 4 rings (SSSR count). The molecule has 34 heavy (non-hydrogen) atoms. The summed E-state index contributed by atoms with van der Waals surface area (Å²) < 4.78 is 0. The summed E-state index contributed by atoms with van der Waals surface area (Å²) in [6, 6.07) is 16.4. The molecule has 2 aromatic carbocycles. The van der Waals surface area contributed by atoms with Crippen LogP contribution in [0.1, 0.15) is 88.3 Å². The molecule has 5 nitrogen and oxygen atoms in total. The summed E-state index contributed by atoms with van der Waals surface area (Å²) in [6.07, 6.45) is 5.52. The van der Waals surface area contributed by atoms with Crippen LogP contribution in [0.4, 0.5) is 10.5 Å². The van der Waals surface area contributed by atoms with E-state index in [1.54, 1.807) is 4.90 Å². The highest BCUT2D eigenvalue weighted by atomic mass is 16.2. The van der Waals surface area contributed by atoms with Crippen LogP contribution in [0.2, 0.25) is 0 Å². The van der Waals surface area contributed by atoms with Gasteiger partial charge in [-0.2, -0.15) is 0 Å². The molecule has 182 valence electrons. The highest BCUT2D eigenvalue weighted by Crippen LogP contribution is 2.40. The topological polar surface area (TPSA) is 52.7 Å². The molecule has 3 amide bonds. The van der Waals surface area contributed by atoms with Crippen LogP contribution in [0.3, 0.4) is 0 Å². The van der Waals surface area contributed by atoms with Gasteiger partial charge < -0.3 is 15.1 Å². The summed E-state index contributed by atoms with van der Waals surface area (Å²) >= 11 is 0. The van der Waals surface area contributed by atoms with Crippen molar-refractivity contribution in [1.82, 2.24) is 9.80 Å². The van der Waals surface area contributed by atoms with Gasteiger partial charge in [0.05, 0.1) is 5.54 Å². The number of benzene rings is 2. The molecule has 1 heterocycles. The number of nitrogens with zero attached hydrogens (tertiary/aromatic N) is 2. The fourth-order valence-corrected chi connectivity index (χ4v) is 5.69. The second kappa shape index (κ2) is 10.2. The maximum absolute atomic E-state index is 13.6. The maximum atomic E-state index is 13.6. The summed E-state index contributed by atoms with van der Waals surface area (Å²) in [6.45, 7) is 9.91. The summed E-state index contributed by atoms with van der Waals surface area (Å²) in [5, 5.41) is 3.19. The molecule has 1 saturated heterocycles. The molecule has 1 saturated carbocycles.